The molecule has 1 aromatic rings. The number of aliphatic hydroxyl groups excluding tert-OH is 1. The van der Waals surface area contributed by atoms with Crippen molar-refractivity contribution in [3.05, 3.63) is 34.9 Å². The van der Waals surface area contributed by atoms with Crippen molar-refractivity contribution >= 4 is 11.6 Å². The van der Waals surface area contributed by atoms with Crippen LogP contribution in [0.3, 0.4) is 0 Å². The van der Waals surface area contributed by atoms with E-state index in [0.29, 0.717) is 6.10 Å². The van der Waals surface area contributed by atoms with E-state index in [0.717, 1.165) is 23.4 Å². The molecule has 1 N–H and O–H groups in total. The monoisotopic (exact) mass is 308 g/mol. The van der Waals surface area contributed by atoms with Gasteiger partial charge in [-0.3, -0.25) is 0 Å². The first-order valence-electron chi connectivity index (χ1n) is 8.25. The first kappa shape index (κ1) is 15.3. The van der Waals surface area contributed by atoms with Gasteiger partial charge in [0.1, 0.15) is 0 Å². The highest BCUT2D eigenvalue weighted by molar-refractivity contribution is 6.30. The van der Waals surface area contributed by atoms with Gasteiger partial charge < -0.3 is 9.84 Å². The van der Waals surface area contributed by atoms with Crippen LogP contribution in [0.1, 0.15) is 62.8 Å². The first-order valence-corrected chi connectivity index (χ1v) is 8.63. The van der Waals surface area contributed by atoms with E-state index in [1.807, 2.05) is 24.3 Å². The summed E-state index contributed by atoms with van der Waals surface area (Å²) in [6.45, 7) is 0.175. The molecular weight excluding hydrogens is 284 g/mol. The molecule has 3 heteroatoms. The zero-order chi connectivity index (χ0) is 14.7. The predicted octanol–water partition coefficient (Wildman–Crippen LogP) is 4.69. The molecule has 1 heterocycles. The van der Waals surface area contributed by atoms with E-state index in [1.54, 1.807) is 0 Å². The Morgan fingerprint density at radius 2 is 1.86 bits per heavy atom. The molecule has 116 valence electrons. The van der Waals surface area contributed by atoms with E-state index in [4.69, 9.17) is 16.3 Å². The average Bonchev–Trinajstić information content (AvgIpc) is 2.89. The molecule has 21 heavy (non-hydrogen) atoms. The summed E-state index contributed by atoms with van der Waals surface area (Å²) in [4.78, 5) is 0. The van der Waals surface area contributed by atoms with Crippen LogP contribution < -0.4 is 0 Å². The van der Waals surface area contributed by atoms with Crippen molar-refractivity contribution in [2.45, 2.75) is 69.0 Å². The summed E-state index contributed by atoms with van der Waals surface area (Å²) in [5.41, 5.74) is 1.33. The quantitative estimate of drug-likeness (QED) is 0.874. The molecule has 0 radical (unpaired) electrons. The summed E-state index contributed by atoms with van der Waals surface area (Å²) in [5.74, 6) is 0.158. The van der Waals surface area contributed by atoms with Crippen LogP contribution in [0.4, 0.5) is 0 Å². The van der Waals surface area contributed by atoms with E-state index >= 15 is 0 Å². The zero-order valence-electron chi connectivity index (χ0n) is 12.6. The van der Waals surface area contributed by atoms with Crippen LogP contribution in [0.15, 0.2) is 24.3 Å². The van der Waals surface area contributed by atoms with Crippen molar-refractivity contribution in [3.8, 4) is 0 Å². The Kier molecular flexibility index (Phi) is 4.88. The zero-order valence-corrected chi connectivity index (χ0v) is 13.3. The van der Waals surface area contributed by atoms with Gasteiger partial charge in [-0.05, 0) is 49.8 Å². The van der Waals surface area contributed by atoms with E-state index in [2.05, 4.69) is 0 Å². The van der Waals surface area contributed by atoms with Crippen molar-refractivity contribution < 1.29 is 9.84 Å². The molecule has 1 saturated heterocycles. The molecule has 3 rings (SSSR count). The van der Waals surface area contributed by atoms with Gasteiger partial charge in [-0.15, -0.1) is 0 Å². The Labute approximate surface area is 132 Å². The minimum atomic E-state index is 0.158. The van der Waals surface area contributed by atoms with E-state index in [1.165, 1.54) is 38.5 Å². The van der Waals surface area contributed by atoms with Crippen molar-refractivity contribution in [3.63, 3.8) is 0 Å². The van der Waals surface area contributed by atoms with Crippen LogP contribution in [-0.2, 0) is 4.74 Å². The number of aliphatic hydroxyl groups is 1. The van der Waals surface area contributed by atoms with Gasteiger partial charge >= 0.3 is 0 Å². The topological polar surface area (TPSA) is 29.5 Å². The van der Waals surface area contributed by atoms with Gasteiger partial charge in [0.2, 0.25) is 0 Å². The van der Waals surface area contributed by atoms with Gasteiger partial charge in [-0.25, -0.2) is 0 Å². The number of halogens is 1. The third-order valence-corrected chi connectivity index (χ3v) is 5.46. The molecule has 0 bridgehead atoms. The minimum Gasteiger partial charge on any atom is -0.396 e. The van der Waals surface area contributed by atoms with Crippen molar-refractivity contribution in [2.75, 3.05) is 6.61 Å². The maximum absolute atomic E-state index is 9.72. The van der Waals surface area contributed by atoms with Gasteiger partial charge in [-0.2, -0.15) is 0 Å². The lowest BCUT2D eigenvalue weighted by Gasteiger charge is -2.33. The van der Waals surface area contributed by atoms with Gasteiger partial charge in [0.15, 0.2) is 0 Å². The Hall–Kier alpha value is -0.570. The molecule has 2 aliphatic rings. The van der Waals surface area contributed by atoms with Crippen LogP contribution >= 0.6 is 11.6 Å². The Morgan fingerprint density at radius 3 is 2.52 bits per heavy atom. The molecule has 1 aliphatic heterocycles. The van der Waals surface area contributed by atoms with Crippen molar-refractivity contribution in [1.82, 2.24) is 0 Å². The molecule has 1 aliphatic carbocycles. The maximum atomic E-state index is 9.72. The first-order chi connectivity index (χ1) is 10.2. The largest absolute Gasteiger partial charge is 0.396 e. The maximum Gasteiger partial charge on any atom is 0.0687 e. The molecule has 1 saturated carbocycles. The van der Waals surface area contributed by atoms with Crippen LogP contribution in [-0.4, -0.2) is 23.4 Å². The Bertz CT molecular complexity index is 451. The normalized spacial score (nSPS) is 26.1. The number of ether oxygens (including phenoxy) is 1. The van der Waals surface area contributed by atoms with E-state index < -0.39 is 0 Å². The molecule has 2 fully saturated rings. The lowest BCUT2D eigenvalue weighted by atomic mass is 9.83. The molecule has 2 unspecified atom stereocenters. The van der Waals surface area contributed by atoms with Crippen LogP contribution in [0.5, 0.6) is 0 Å². The molecule has 2 nitrogen and oxygen atoms in total. The summed E-state index contributed by atoms with van der Waals surface area (Å²) >= 11 is 5.94. The highest BCUT2D eigenvalue weighted by atomic mass is 35.5. The fourth-order valence-corrected chi connectivity index (χ4v) is 4.12. The van der Waals surface area contributed by atoms with Crippen molar-refractivity contribution in [1.29, 1.82) is 0 Å². The van der Waals surface area contributed by atoms with Crippen molar-refractivity contribution in [2.24, 2.45) is 0 Å². The number of rotatable bonds is 4. The smallest absolute Gasteiger partial charge is 0.0687 e. The van der Waals surface area contributed by atoms with Gasteiger partial charge in [0.25, 0.3) is 0 Å². The lowest BCUT2D eigenvalue weighted by Crippen LogP contribution is -2.32. The van der Waals surface area contributed by atoms with Crippen LogP contribution in [0.2, 0.25) is 5.02 Å². The molecule has 0 amide bonds. The van der Waals surface area contributed by atoms with Gasteiger partial charge in [-0.1, -0.05) is 43.0 Å². The molecular formula is C18H25ClO2. The second-order valence-corrected chi connectivity index (χ2v) is 7.13. The average molecular weight is 309 g/mol. The second-order valence-electron chi connectivity index (χ2n) is 6.69. The van der Waals surface area contributed by atoms with E-state index in [-0.39, 0.29) is 18.1 Å². The fourth-order valence-electron chi connectivity index (χ4n) is 3.99. The minimum absolute atomic E-state index is 0.158. The summed E-state index contributed by atoms with van der Waals surface area (Å²) in [5, 5.41) is 10.5. The molecule has 0 aromatic heterocycles. The lowest BCUT2D eigenvalue weighted by molar-refractivity contribution is -0.0685. The Balaban J connectivity index is 1.61. The third-order valence-electron chi connectivity index (χ3n) is 5.21. The SMILES string of the molecule is OCC(CC1CCC2(CCCCC2)O1)c1ccc(Cl)cc1. The third kappa shape index (κ3) is 3.61. The number of hydrogen-bond acceptors (Lipinski definition) is 2. The number of benzene rings is 1. The molecule has 1 aromatic carbocycles. The van der Waals surface area contributed by atoms with Crippen LogP contribution in [0.25, 0.3) is 0 Å². The fraction of sp³-hybridized carbons (Fsp3) is 0.667. The highest BCUT2D eigenvalue weighted by Gasteiger charge is 2.41. The summed E-state index contributed by atoms with van der Waals surface area (Å²) in [6.07, 6.45) is 10.0. The van der Waals surface area contributed by atoms with Gasteiger partial charge in [0.05, 0.1) is 18.3 Å². The second kappa shape index (κ2) is 6.68. The van der Waals surface area contributed by atoms with Gasteiger partial charge in [0, 0.05) is 10.9 Å². The Morgan fingerprint density at radius 1 is 1.14 bits per heavy atom. The molecule has 2 atom stereocenters. The molecule has 1 spiro atoms. The predicted molar refractivity (Wildman–Crippen MR) is 85.8 cm³/mol. The highest BCUT2D eigenvalue weighted by Crippen LogP contribution is 2.43. The number of hydrogen-bond donors (Lipinski definition) is 1. The summed E-state index contributed by atoms with van der Waals surface area (Å²) < 4.78 is 6.43. The summed E-state index contributed by atoms with van der Waals surface area (Å²) in [6, 6.07) is 7.85. The van der Waals surface area contributed by atoms with Crippen LogP contribution in [0, 0.1) is 0 Å². The summed E-state index contributed by atoms with van der Waals surface area (Å²) in [7, 11) is 0. The standard InChI is InChI=1S/C18H25ClO2/c19-16-6-4-14(5-7-16)15(13-20)12-17-8-11-18(21-17)9-2-1-3-10-18/h4-7,15,17,20H,1-3,8-13H2. The van der Waals surface area contributed by atoms with E-state index in [9.17, 15) is 5.11 Å².